The van der Waals surface area contributed by atoms with Crippen LogP contribution in [0.15, 0.2) is 24.8 Å². The lowest BCUT2D eigenvalue weighted by Gasteiger charge is -2.02. The quantitative estimate of drug-likeness (QED) is 0.403. The Kier molecular flexibility index (Phi) is 13.0. The van der Waals surface area contributed by atoms with E-state index < -0.39 is 5.97 Å². The third kappa shape index (κ3) is 17.0. The largest absolute Gasteiger partial charge is 0.478 e. The molecule has 2 N–H and O–H groups in total. The maximum atomic E-state index is 10.8. The topological polar surface area (TPSA) is 83.8 Å². The summed E-state index contributed by atoms with van der Waals surface area (Å²) in [5.74, 6) is -1.32. The molecule has 0 unspecified atom stereocenters. The van der Waals surface area contributed by atoms with Crippen molar-refractivity contribution in [1.29, 1.82) is 0 Å². The van der Waals surface area contributed by atoms with Crippen molar-refractivity contribution in [2.75, 3.05) is 13.2 Å². The van der Waals surface area contributed by atoms with Crippen LogP contribution in [0.2, 0.25) is 0 Å². The maximum Gasteiger partial charge on any atom is 0.333 e. The second-order valence-electron chi connectivity index (χ2n) is 3.24. The van der Waals surface area contributed by atoms with E-state index in [0.717, 1.165) is 25.3 Å². The Labute approximate surface area is 101 Å². The van der Waals surface area contributed by atoms with Crippen LogP contribution >= 0.6 is 0 Å². The Hall–Kier alpha value is -1.62. The lowest BCUT2D eigenvalue weighted by Crippen LogP contribution is -2.06. The van der Waals surface area contributed by atoms with Crippen molar-refractivity contribution in [2.24, 2.45) is 0 Å². The second-order valence-corrected chi connectivity index (χ2v) is 3.24. The van der Waals surface area contributed by atoms with E-state index in [0.29, 0.717) is 12.2 Å². The molecule has 0 saturated heterocycles. The molecular formula is C12H20O5. The molecule has 0 atom stereocenters. The van der Waals surface area contributed by atoms with Gasteiger partial charge in [0.15, 0.2) is 0 Å². The number of esters is 1. The van der Waals surface area contributed by atoms with Gasteiger partial charge in [-0.15, -0.1) is 0 Å². The summed E-state index contributed by atoms with van der Waals surface area (Å²) in [6.45, 7) is 8.66. The Bertz CT molecular complexity index is 258. The number of carbonyl (C=O) groups excluding carboxylic acids is 1. The summed E-state index contributed by atoms with van der Waals surface area (Å²) < 4.78 is 4.83. The number of aliphatic hydroxyl groups is 1. The number of carbonyl (C=O) groups is 2. The molecule has 0 aliphatic rings. The summed E-state index contributed by atoms with van der Waals surface area (Å²) in [7, 11) is 0. The number of aliphatic carboxylic acids is 1. The first kappa shape index (κ1) is 17.8. The Balaban J connectivity index is 0. The van der Waals surface area contributed by atoms with Gasteiger partial charge >= 0.3 is 11.9 Å². The van der Waals surface area contributed by atoms with Crippen LogP contribution in [0.25, 0.3) is 0 Å². The Morgan fingerprint density at radius 1 is 1.29 bits per heavy atom. The molecule has 0 rings (SSSR count). The van der Waals surface area contributed by atoms with Gasteiger partial charge in [0.05, 0.1) is 6.61 Å². The summed E-state index contributed by atoms with van der Waals surface area (Å²) in [4.78, 5) is 20.1. The molecule has 0 spiro atoms. The van der Waals surface area contributed by atoms with Gasteiger partial charge in [0.1, 0.15) is 0 Å². The number of hydrogen-bond acceptors (Lipinski definition) is 4. The van der Waals surface area contributed by atoms with Gasteiger partial charge in [-0.1, -0.05) is 13.2 Å². The summed E-state index contributed by atoms with van der Waals surface area (Å²) in [5, 5.41) is 16.0. The lowest BCUT2D eigenvalue weighted by atomic mass is 10.2. The van der Waals surface area contributed by atoms with Gasteiger partial charge < -0.3 is 14.9 Å². The van der Waals surface area contributed by atoms with E-state index in [1.54, 1.807) is 6.92 Å². The lowest BCUT2D eigenvalue weighted by molar-refractivity contribution is -0.139. The fourth-order valence-electron chi connectivity index (χ4n) is 0.679. The minimum atomic E-state index is -0.981. The van der Waals surface area contributed by atoms with E-state index in [1.165, 1.54) is 0 Å². The van der Waals surface area contributed by atoms with E-state index in [1.807, 2.05) is 0 Å². The molecule has 17 heavy (non-hydrogen) atoms. The Morgan fingerprint density at radius 2 is 1.82 bits per heavy atom. The molecule has 0 aromatic rings. The fourth-order valence-corrected chi connectivity index (χ4v) is 0.679. The van der Waals surface area contributed by atoms with Crippen molar-refractivity contribution in [3.63, 3.8) is 0 Å². The SMILES string of the molecule is C=C(C)C(=O)OCCCCCO.C=CC(=O)O. The van der Waals surface area contributed by atoms with Crippen LogP contribution in [0, 0.1) is 0 Å². The molecule has 0 aromatic carbocycles. The van der Waals surface area contributed by atoms with E-state index in [2.05, 4.69) is 13.2 Å². The predicted molar refractivity (Wildman–Crippen MR) is 64.5 cm³/mol. The number of unbranched alkanes of at least 4 members (excludes halogenated alkanes) is 2. The first-order chi connectivity index (χ1) is 7.95. The minimum Gasteiger partial charge on any atom is -0.478 e. The average molecular weight is 244 g/mol. The van der Waals surface area contributed by atoms with Crippen molar-refractivity contribution in [3.05, 3.63) is 24.8 Å². The summed E-state index contributed by atoms with van der Waals surface area (Å²) in [6, 6.07) is 0. The highest BCUT2D eigenvalue weighted by atomic mass is 16.5. The van der Waals surface area contributed by atoms with Gasteiger partial charge in [-0.2, -0.15) is 0 Å². The average Bonchev–Trinajstić information content (AvgIpc) is 2.29. The van der Waals surface area contributed by atoms with Crippen molar-refractivity contribution >= 4 is 11.9 Å². The van der Waals surface area contributed by atoms with E-state index in [9.17, 15) is 9.59 Å². The van der Waals surface area contributed by atoms with Gasteiger partial charge in [0.2, 0.25) is 0 Å². The molecule has 0 fully saturated rings. The molecule has 98 valence electrons. The van der Waals surface area contributed by atoms with E-state index in [4.69, 9.17) is 14.9 Å². The number of carboxylic acid groups (broad SMARTS) is 1. The minimum absolute atomic E-state index is 0.203. The van der Waals surface area contributed by atoms with E-state index >= 15 is 0 Å². The molecule has 0 saturated carbocycles. The predicted octanol–water partition coefficient (Wildman–Crippen LogP) is 1.53. The number of hydrogen-bond donors (Lipinski definition) is 2. The fraction of sp³-hybridized carbons (Fsp3) is 0.500. The van der Waals surface area contributed by atoms with Crippen LogP contribution in [0.3, 0.4) is 0 Å². The molecule has 0 aliphatic carbocycles. The van der Waals surface area contributed by atoms with Crippen molar-refractivity contribution in [2.45, 2.75) is 26.2 Å². The monoisotopic (exact) mass is 244 g/mol. The van der Waals surface area contributed by atoms with Crippen LogP contribution < -0.4 is 0 Å². The number of carboxylic acids is 1. The van der Waals surface area contributed by atoms with Crippen LogP contribution in [0.5, 0.6) is 0 Å². The smallest absolute Gasteiger partial charge is 0.333 e. The van der Waals surface area contributed by atoms with Gasteiger partial charge in [0, 0.05) is 18.3 Å². The number of ether oxygens (including phenoxy) is 1. The highest BCUT2D eigenvalue weighted by Gasteiger charge is 2.01. The molecule has 0 aliphatic heterocycles. The highest BCUT2D eigenvalue weighted by molar-refractivity contribution is 5.86. The van der Waals surface area contributed by atoms with Crippen molar-refractivity contribution < 1.29 is 24.5 Å². The molecule has 0 aromatic heterocycles. The third-order valence-corrected chi connectivity index (χ3v) is 1.56. The van der Waals surface area contributed by atoms with Gasteiger partial charge in [-0.05, 0) is 26.2 Å². The summed E-state index contributed by atoms with van der Waals surface area (Å²) in [6.07, 6.45) is 3.30. The van der Waals surface area contributed by atoms with Crippen LogP contribution in [0.4, 0.5) is 0 Å². The molecular weight excluding hydrogens is 224 g/mol. The molecule has 0 radical (unpaired) electrons. The maximum absolute atomic E-state index is 10.8. The summed E-state index contributed by atoms with van der Waals surface area (Å²) in [5.41, 5.74) is 0.428. The Morgan fingerprint density at radius 3 is 2.18 bits per heavy atom. The first-order valence-electron chi connectivity index (χ1n) is 5.24. The molecule has 5 heteroatoms. The zero-order valence-corrected chi connectivity index (χ0v) is 10.1. The highest BCUT2D eigenvalue weighted by Crippen LogP contribution is 1.97. The molecule has 0 heterocycles. The second kappa shape index (κ2) is 12.4. The number of rotatable bonds is 7. The van der Waals surface area contributed by atoms with Crippen LogP contribution in [-0.2, 0) is 14.3 Å². The van der Waals surface area contributed by atoms with Crippen molar-refractivity contribution in [1.82, 2.24) is 0 Å². The normalized spacial score (nSPS) is 8.59. The van der Waals surface area contributed by atoms with E-state index in [-0.39, 0.29) is 12.6 Å². The number of aliphatic hydroxyl groups excluding tert-OH is 1. The third-order valence-electron chi connectivity index (χ3n) is 1.56. The van der Waals surface area contributed by atoms with Crippen LogP contribution in [0.1, 0.15) is 26.2 Å². The van der Waals surface area contributed by atoms with Crippen LogP contribution in [-0.4, -0.2) is 35.4 Å². The zero-order chi connectivity index (χ0) is 13.7. The molecule has 5 nitrogen and oxygen atoms in total. The van der Waals surface area contributed by atoms with Gasteiger partial charge in [-0.25, -0.2) is 9.59 Å². The van der Waals surface area contributed by atoms with Gasteiger partial charge in [0.25, 0.3) is 0 Å². The van der Waals surface area contributed by atoms with Gasteiger partial charge in [-0.3, -0.25) is 0 Å². The standard InChI is InChI=1S/C9H16O3.C3H4O2/c1-8(2)9(11)12-7-5-3-4-6-10;1-2-3(4)5/h10H,1,3-7H2,2H3;2H,1H2,(H,4,5). The van der Waals surface area contributed by atoms with Crippen molar-refractivity contribution in [3.8, 4) is 0 Å². The zero-order valence-electron chi connectivity index (χ0n) is 10.1. The molecule has 0 amide bonds. The first-order valence-corrected chi connectivity index (χ1v) is 5.24. The molecule has 0 bridgehead atoms. The summed E-state index contributed by atoms with van der Waals surface area (Å²) >= 11 is 0.